The van der Waals surface area contributed by atoms with Crippen LogP contribution in [0, 0.1) is 5.92 Å². The van der Waals surface area contributed by atoms with Crippen molar-refractivity contribution in [2.24, 2.45) is 5.92 Å². The van der Waals surface area contributed by atoms with E-state index in [1.165, 1.54) is 7.05 Å². The molecule has 0 spiro atoms. The van der Waals surface area contributed by atoms with Crippen LogP contribution in [0.2, 0.25) is 0 Å². The third kappa shape index (κ3) is 7.57. The van der Waals surface area contributed by atoms with Gasteiger partial charge in [-0.3, -0.25) is 4.79 Å². The average molecular weight is 289 g/mol. The molecule has 8 heteroatoms. The molecule has 0 fully saturated rings. The largest absolute Gasteiger partial charge is 0.480 e. The Kier molecular flexibility index (Phi) is 8.30. The summed E-state index contributed by atoms with van der Waals surface area (Å²) in [4.78, 5) is 35.1. The Hall–Kier alpha value is -1.83. The Morgan fingerprint density at radius 3 is 2.30 bits per heavy atom. The predicted molar refractivity (Wildman–Crippen MR) is 72.1 cm³/mol. The van der Waals surface area contributed by atoms with E-state index < -0.39 is 18.0 Å². The zero-order valence-electron chi connectivity index (χ0n) is 12.0. The minimum absolute atomic E-state index is 0.0888. The van der Waals surface area contributed by atoms with Crippen LogP contribution in [0.5, 0.6) is 0 Å². The van der Waals surface area contributed by atoms with Crippen molar-refractivity contribution in [2.45, 2.75) is 26.3 Å². The zero-order valence-corrected chi connectivity index (χ0v) is 12.0. The lowest BCUT2D eigenvalue weighted by Gasteiger charge is -2.20. The summed E-state index contributed by atoms with van der Waals surface area (Å²) < 4.78 is 0. The minimum Gasteiger partial charge on any atom is -0.480 e. The van der Waals surface area contributed by atoms with E-state index in [0.717, 1.165) is 4.90 Å². The number of carboxylic acids is 1. The number of aliphatic hydroxyl groups excluding tert-OH is 1. The maximum atomic E-state index is 11.7. The first-order valence-electron chi connectivity index (χ1n) is 6.39. The first-order chi connectivity index (χ1) is 9.27. The first kappa shape index (κ1) is 18.2. The molecule has 0 heterocycles. The van der Waals surface area contributed by atoms with Gasteiger partial charge in [-0.15, -0.1) is 0 Å². The second-order valence-electron chi connectivity index (χ2n) is 4.91. The van der Waals surface area contributed by atoms with Gasteiger partial charge in [-0.1, -0.05) is 13.8 Å². The summed E-state index contributed by atoms with van der Waals surface area (Å²) in [5, 5.41) is 22.4. The average Bonchev–Trinajstić information content (AvgIpc) is 2.35. The van der Waals surface area contributed by atoms with E-state index in [1.54, 1.807) is 0 Å². The Bertz CT molecular complexity index is 346. The fraction of sp³-hybridized carbons (Fsp3) is 0.750. The SMILES string of the molecule is CC(C)CNC(=O)CN(C)C(=O)N[C@@H](CCO)C(=O)O. The number of hydrogen-bond acceptors (Lipinski definition) is 4. The zero-order chi connectivity index (χ0) is 15.7. The number of rotatable bonds is 8. The highest BCUT2D eigenvalue weighted by Gasteiger charge is 2.22. The number of amides is 3. The molecule has 0 radical (unpaired) electrons. The van der Waals surface area contributed by atoms with E-state index in [1.807, 2.05) is 13.8 Å². The van der Waals surface area contributed by atoms with E-state index in [-0.39, 0.29) is 25.5 Å². The number of nitrogens with one attached hydrogen (secondary N) is 2. The van der Waals surface area contributed by atoms with E-state index in [0.29, 0.717) is 12.5 Å². The molecular formula is C12H23N3O5. The number of aliphatic hydroxyl groups is 1. The minimum atomic E-state index is -1.23. The summed E-state index contributed by atoms with van der Waals surface area (Å²) in [6.07, 6.45) is -0.0888. The van der Waals surface area contributed by atoms with Crippen LogP contribution in [-0.2, 0) is 9.59 Å². The molecule has 8 nitrogen and oxygen atoms in total. The Labute approximate surface area is 118 Å². The van der Waals surface area contributed by atoms with Crippen molar-refractivity contribution in [3.8, 4) is 0 Å². The molecule has 0 rings (SSSR count). The molecule has 0 unspecified atom stereocenters. The van der Waals surface area contributed by atoms with Crippen LogP contribution in [0.25, 0.3) is 0 Å². The highest BCUT2D eigenvalue weighted by molar-refractivity contribution is 5.86. The summed E-state index contributed by atoms with van der Waals surface area (Å²) in [5.74, 6) is -1.24. The number of carboxylic acid groups (broad SMARTS) is 1. The second kappa shape index (κ2) is 9.13. The van der Waals surface area contributed by atoms with Gasteiger partial charge >= 0.3 is 12.0 Å². The van der Waals surface area contributed by atoms with Gasteiger partial charge in [0.15, 0.2) is 0 Å². The van der Waals surface area contributed by atoms with Crippen molar-refractivity contribution in [2.75, 3.05) is 26.7 Å². The number of urea groups is 1. The molecular weight excluding hydrogens is 266 g/mol. The molecule has 4 N–H and O–H groups in total. The molecule has 116 valence electrons. The highest BCUT2D eigenvalue weighted by Crippen LogP contribution is 1.94. The fourth-order valence-electron chi connectivity index (χ4n) is 1.31. The van der Waals surface area contributed by atoms with Crippen LogP contribution in [0.1, 0.15) is 20.3 Å². The van der Waals surface area contributed by atoms with Gasteiger partial charge in [0.05, 0.1) is 0 Å². The lowest BCUT2D eigenvalue weighted by atomic mass is 10.2. The third-order valence-electron chi connectivity index (χ3n) is 2.45. The van der Waals surface area contributed by atoms with Crippen molar-refractivity contribution in [3.05, 3.63) is 0 Å². The van der Waals surface area contributed by atoms with Gasteiger partial charge in [0.2, 0.25) is 5.91 Å². The molecule has 0 aliphatic heterocycles. The Balaban J connectivity index is 4.26. The topological polar surface area (TPSA) is 119 Å². The normalized spacial score (nSPS) is 11.8. The van der Waals surface area contributed by atoms with Gasteiger partial charge in [0.25, 0.3) is 0 Å². The van der Waals surface area contributed by atoms with Crippen LogP contribution in [0.4, 0.5) is 4.79 Å². The van der Waals surface area contributed by atoms with Crippen molar-refractivity contribution in [1.82, 2.24) is 15.5 Å². The van der Waals surface area contributed by atoms with Gasteiger partial charge < -0.3 is 25.7 Å². The first-order valence-corrected chi connectivity index (χ1v) is 6.39. The number of aliphatic carboxylic acids is 1. The number of carbonyl (C=O) groups is 3. The summed E-state index contributed by atoms with van der Waals surface area (Å²) in [6, 6.07) is -1.85. The number of carbonyl (C=O) groups excluding carboxylic acids is 2. The van der Waals surface area contributed by atoms with Crippen molar-refractivity contribution in [3.63, 3.8) is 0 Å². The van der Waals surface area contributed by atoms with Gasteiger partial charge in [-0.25, -0.2) is 9.59 Å². The van der Waals surface area contributed by atoms with Crippen LogP contribution < -0.4 is 10.6 Å². The van der Waals surface area contributed by atoms with Crippen molar-refractivity contribution < 1.29 is 24.6 Å². The van der Waals surface area contributed by atoms with Crippen LogP contribution in [0.15, 0.2) is 0 Å². The molecule has 0 aromatic carbocycles. The molecule has 20 heavy (non-hydrogen) atoms. The third-order valence-corrected chi connectivity index (χ3v) is 2.45. The van der Waals surface area contributed by atoms with Gasteiger partial charge in [0.1, 0.15) is 12.6 Å². The van der Waals surface area contributed by atoms with Crippen LogP contribution in [-0.4, -0.2) is 65.8 Å². The molecule has 3 amide bonds. The smallest absolute Gasteiger partial charge is 0.326 e. The number of hydrogen-bond donors (Lipinski definition) is 4. The summed E-state index contributed by atoms with van der Waals surface area (Å²) >= 11 is 0. The molecule has 0 aromatic heterocycles. The lowest BCUT2D eigenvalue weighted by Crippen LogP contribution is -2.49. The molecule has 0 aromatic rings. The van der Waals surface area contributed by atoms with Gasteiger partial charge in [-0.2, -0.15) is 0 Å². The Morgan fingerprint density at radius 2 is 1.85 bits per heavy atom. The summed E-state index contributed by atoms with van der Waals surface area (Å²) in [7, 11) is 1.39. The molecule has 0 bridgehead atoms. The molecule has 0 saturated heterocycles. The molecule has 0 saturated carbocycles. The van der Waals surface area contributed by atoms with Crippen LogP contribution in [0.3, 0.4) is 0 Å². The number of likely N-dealkylation sites (N-methyl/N-ethyl adjacent to an activating group) is 1. The summed E-state index contributed by atoms with van der Waals surface area (Å²) in [5.41, 5.74) is 0. The monoisotopic (exact) mass is 289 g/mol. The van der Waals surface area contributed by atoms with E-state index in [2.05, 4.69) is 10.6 Å². The standard InChI is InChI=1S/C12H23N3O5/c1-8(2)6-13-10(17)7-15(3)12(20)14-9(4-5-16)11(18)19/h8-9,16H,4-7H2,1-3H3,(H,13,17)(H,14,20)(H,18,19)/t9-/m0/s1. The van der Waals surface area contributed by atoms with Crippen molar-refractivity contribution in [1.29, 1.82) is 0 Å². The van der Waals surface area contributed by atoms with E-state index in [9.17, 15) is 14.4 Å². The van der Waals surface area contributed by atoms with E-state index >= 15 is 0 Å². The predicted octanol–water partition coefficient (Wildman–Crippen LogP) is -0.764. The van der Waals surface area contributed by atoms with E-state index in [4.69, 9.17) is 10.2 Å². The van der Waals surface area contributed by atoms with Crippen molar-refractivity contribution >= 4 is 17.9 Å². The fourth-order valence-corrected chi connectivity index (χ4v) is 1.31. The maximum Gasteiger partial charge on any atom is 0.326 e. The highest BCUT2D eigenvalue weighted by atomic mass is 16.4. The Morgan fingerprint density at radius 1 is 1.25 bits per heavy atom. The summed E-state index contributed by atoms with van der Waals surface area (Å²) in [6.45, 7) is 3.89. The van der Waals surface area contributed by atoms with Gasteiger partial charge in [-0.05, 0) is 5.92 Å². The number of nitrogens with zero attached hydrogens (tertiary/aromatic N) is 1. The molecule has 0 aliphatic rings. The molecule has 0 aliphatic carbocycles. The maximum absolute atomic E-state index is 11.7. The quantitative estimate of drug-likeness (QED) is 0.468. The second-order valence-corrected chi connectivity index (χ2v) is 4.91. The lowest BCUT2D eigenvalue weighted by molar-refractivity contribution is -0.139. The van der Waals surface area contributed by atoms with Gasteiger partial charge in [0, 0.05) is 26.6 Å². The molecule has 1 atom stereocenters. The van der Waals surface area contributed by atoms with Crippen LogP contribution >= 0.6 is 0 Å².